The third-order valence-electron chi connectivity index (χ3n) is 5.78. The Labute approximate surface area is 170 Å². The van der Waals surface area contributed by atoms with Crippen molar-refractivity contribution >= 4 is 35.3 Å². The van der Waals surface area contributed by atoms with Crippen molar-refractivity contribution in [3.05, 3.63) is 23.8 Å². The molecular weight excluding hydrogens is 374 g/mol. The highest BCUT2D eigenvalue weighted by Crippen LogP contribution is 2.36. The summed E-state index contributed by atoms with van der Waals surface area (Å²) in [4.78, 5) is 40.3. The van der Waals surface area contributed by atoms with Crippen molar-refractivity contribution < 1.29 is 14.4 Å². The van der Waals surface area contributed by atoms with Crippen molar-refractivity contribution in [3.8, 4) is 0 Å². The maximum atomic E-state index is 12.8. The maximum Gasteiger partial charge on any atom is 0.325 e. The molecule has 1 aliphatic carbocycles. The van der Waals surface area contributed by atoms with Gasteiger partial charge in [-0.25, -0.2) is 9.69 Å². The lowest BCUT2D eigenvalue weighted by molar-refractivity contribution is -0.136. The smallest absolute Gasteiger partial charge is 0.324 e. The number of rotatable bonds is 6. The molecule has 7 heteroatoms. The van der Waals surface area contributed by atoms with Gasteiger partial charge in [0.2, 0.25) is 5.91 Å². The summed E-state index contributed by atoms with van der Waals surface area (Å²) in [7, 11) is 0. The number of hydrogen-bond acceptors (Lipinski definition) is 4. The topological polar surface area (TPSA) is 78.5 Å². The zero-order valence-corrected chi connectivity index (χ0v) is 17.8. The summed E-state index contributed by atoms with van der Waals surface area (Å²) in [6, 6.07) is 4.60. The molecule has 0 bridgehead atoms. The number of aryl methyl sites for hydroxylation is 1. The number of nitrogens with one attached hydrogen (secondary N) is 2. The summed E-state index contributed by atoms with van der Waals surface area (Å²) in [5, 5.41) is 6.24. The molecule has 6 nitrogen and oxygen atoms in total. The quantitative estimate of drug-likeness (QED) is 0.554. The number of benzene rings is 1. The number of anilines is 1. The van der Waals surface area contributed by atoms with Gasteiger partial charge in [-0.15, -0.1) is 11.8 Å². The van der Waals surface area contributed by atoms with Crippen molar-refractivity contribution in [2.24, 2.45) is 0 Å². The van der Waals surface area contributed by atoms with Gasteiger partial charge in [0, 0.05) is 15.8 Å². The average Bonchev–Trinajstić information content (AvgIpc) is 3.22. The monoisotopic (exact) mass is 403 g/mol. The fourth-order valence-electron chi connectivity index (χ4n) is 3.83. The zero-order chi connectivity index (χ0) is 20.5. The normalized spacial score (nSPS) is 20.4. The van der Waals surface area contributed by atoms with Crippen molar-refractivity contribution in [1.82, 2.24) is 10.2 Å². The zero-order valence-electron chi connectivity index (χ0n) is 17.0. The fourth-order valence-corrected chi connectivity index (χ4v) is 4.85. The van der Waals surface area contributed by atoms with Gasteiger partial charge in [-0.1, -0.05) is 26.7 Å². The van der Waals surface area contributed by atoms with E-state index in [2.05, 4.69) is 30.5 Å². The number of imide groups is 1. The van der Waals surface area contributed by atoms with Crippen LogP contribution >= 0.6 is 11.8 Å². The highest BCUT2D eigenvalue weighted by molar-refractivity contribution is 7.99. The molecule has 4 amide bonds. The molecule has 28 heavy (non-hydrogen) atoms. The Balaban J connectivity index is 1.69. The number of amides is 4. The fraction of sp³-hybridized carbons (Fsp3) is 0.571. The standard InChI is InChI=1S/C21H29N3O3S/c1-5-14(3)28-16-8-9-17(13(2)12-16)22-18(25)15(4)24-19(26)21(23-20(24)27)10-6-7-11-21/h8-9,12,14-15H,5-7,10-11H2,1-4H3,(H,22,25)(H,23,27). The van der Waals surface area contributed by atoms with Crippen LogP contribution in [0.15, 0.2) is 23.1 Å². The van der Waals surface area contributed by atoms with Gasteiger partial charge in [0.05, 0.1) is 0 Å². The van der Waals surface area contributed by atoms with Crippen LogP contribution in [0.4, 0.5) is 10.5 Å². The van der Waals surface area contributed by atoms with E-state index >= 15 is 0 Å². The van der Waals surface area contributed by atoms with Gasteiger partial charge in [-0.2, -0.15) is 0 Å². The number of carbonyl (C=O) groups is 3. The van der Waals surface area contributed by atoms with Crippen molar-refractivity contribution in [2.75, 3.05) is 5.32 Å². The first-order valence-corrected chi connectivity index (χ1v) is 10.9. The van der Waals surface area contributed by atoms with Crippen molar-refractivity contribution in [2.45, 2.75) is 81.5 Å². The van der Waals surface area contributed by atoms with E-state index in [1.54, 1.807) is 18.7 Å². The predicted molar refractivity (Wildman–Crippen MR) is 111 cm³/mol. The molecule has 2 fully saturated rings. The van der Waals surface area contributed by atoms with E-state index in [0.29, 0.717) is 23.8 Å². The lowest BCUT2D eigenvalue weighted by Crippen LogP contribution is -2.48. The van der Waals surface area contributed by atoms with E-state index < -0.39 is 17.6 Å². The van der Waals surface area contributed by atoms with Crippen LogP contribution < -0.4 is 10.6 Å². The molecule has 1 aliphatic heterocycles. The first-order chi connectivity index (χ1) is 13.3. The van der Waals surface area contributed by atoms with E-state index in [9.17, 15) is 14.4 Å². The summed E-state index contributed by atoms with van der Waals surface area (Å²) in [6.45, 7) is 7.89. The van der Waals surface area contributed by atoms with E-state index in [1.165, 1.54) is 0 Å². The van der Waals surface area contributed by atoms with Crippen LogP contribution in [0, 0.1) is 6.92 Å². The summed E-state index contributed by atoms with van der Waals surface area (Å²) in [5.41, 5.74) is 0.863. The lowest BCUT2D eigenvalue weighted by atomic mass is 9.97. The van der Waals surface area contributed by atoms with Gasteiger partial charge in [0.25, 0.3) is 5.91 Å². The molecule has 1 aromatic carbocycles. The largest absolute Gasteiger partial charge is 0.325 e. The molecule has 3 rings (SSSR count). The van der Waals surface area contributed by atoms with E-state index in [-0.39, 0.29) is 11.8 Å². The molecule has 1 saturated carbocycles. The first-order valence-electron chi connectivity index (χ1n) is 10.0. The minimum absolute atomic E-state index is 0.269. The molecule has 1 aromatic rings. The van der Waals surface area contributed by atoms with Gasteiger partial charge >= 0.3 is 6.03 Å². The van der Waals surface area contributed by atoms with Crippen LogP contribution in [0.2, 0.25) is 0 Å². The third kappa shape index (κ3) is 3.90. The van der Waals surface area contributed by atoms with E-state index in [0.717, 1.165) is 34.6 Å². The molecule has 152 valence electrons. The van der Waals surface area contributed by atoms with Crippen LogP contribution in [-0.4, -0.2) is 39.6 Å². The third-order valence-corrected chi connectivity index (χ3v) is 7.05. The molecule has 2 atom stereocenters. The Hall–Kier alpha value is -2.02. The van der Waals surface area contributed by atoms with Crippen LogP contribution in [-0.2, 0) is 9.59 Å². The summed E-state index contributed by atoms with van der Waals surface area (Å²) in [5.74, 6) is -0.626. The number of urea groups is 1. The van der Waals surface area contributed by atoms with Gasteiger partial charge in [-0.05, 0) is 56.9 Å². The highest BCUT2D eigenvalue weighted by atomic mass is 32.2. The lowest BCUT2D eigenvalue weighted by Gasteiger charge is -2.24. The van der Waals surface area contributed by atoms with Crippen molar-refractivity contribution in [1.29, 1.82) is 0 Å². The number of thioether (sulfide) groups is 1. The van der Waals surface area contributed by atoms with Crippen LogP contribution in [0.25, 0.3) is 0 Å². The number of nitrogens with zero attached hydrogens (tertiary/aromatic N) is 1. The Morgan fingerprint density at radius 2 is 1.96 bits per heavy atom. The Morgan fingerprint density at radius 3 is 2.57 bits per heavy atom. The highest BCUT2D eigenvalue weighted by Gasteiger charge is 2.54. The van der Waals surface area contributed by atoms with Gasteiger partial charge in [0.15, 0.2) is 0 Å². The maximum absolute atomic E-state index is 12.8. The second kappa shape index (κ2) is 8.15. The average molecular weight is 404 g/mol. The number of carbonyl (C=O) groups excluding carboxylic acids is 3. The molecule has 1 saturated heterocycles. The molecule has 1 heterocycles. The second-order valence-corrected chi connectivity index (χ2v) is 9.39. The Bertz CT molecular complexity index is 789. The van der Waals surface area contributed by atoms with E-state index in [4.69, 9.17) is 0 Å². The minimum Gasteiger partial charge on any atom is -0.324 e. The molecule has 2 aliphatic rings. The summed E-state index contributed by atoms with van der Waals surface area (Å²) < 4.78 is 0. The molecule has 2 unspecified atom stereocenters. The van der Waals surface area contributed by atoms with E-state index in [1.807, 2.05) is 19.1 Å². The second-order valence-electron chi connectivity index (χ2n) is 7.87. The summed E-state index contributed by atoms with van der Waals surface area (Å²) in [6.07, 6.45) is 4.22. The molecule has 0 aromatic heterocycles. The van der Waals surface area contributed by atoms with Gasteiger partial charge < -0.3 is 10.6 Å². The van der Waals surface area contributed by atoms with Gasteiger partial charge in [-0.3, -0.25) is 9.59 Å². The minimum atomic E-state index is -0.860. The van der Waals surface area contributed by atoms with Crippen molar-refractivity contribution in [3.63, 3.8) is 0 Å². The Morgan fingerprint density at radius 1 is 1.29 bits per heavy atom. The Kier molecular flexibility index (Phi) is 6.03. The SMILES string of the molecule is CCC(C)Sc1ccc(NC(=O)C(C)N2C(=O)NC3(CCCC3)C2=O)c(C)c1. The number of hydrogen-bond donors (Lipinski definition) is 2. The summed E-state index contributed by atoms with van der Waals surface area (Å²) >= 11 is 1.80. The molecular formula is C21H29N3O3S. The van der Waals surface area contributed by atoms with Crippen LogP contribution in [0.3, 0.4) is 0 Å². The van der Waals surface area contributed by atoms with Crippen LogP contribution in [0.5, 0.6) is 0 Å². The molecule has 2 N–H and O–H groups in total. The molecule has 0 radical (unpaired) electrons. The van der Waals surface area contributed by atoms with Crippen LogP contribution in [0.1, 0.15) is 58.4 Å². The first kappa shape index (κ1) is 20.7. The predicted octanol–water partition coefficient (Wildman–Crippen LogP) is 4.08. The molecule has 1 spiro atoms. The van der Waals surface area contributed by atoms with Gasteiger partial charge in [0.1, 0.15) is 11.6 Å².